The summed E-state index contributed by atoms with van der Waals surface area (Å²) in [5.41, 5.74) is 1.61. The first-order valence-electron chi connectivity index (χ1n) is 8.62. The van der Waals surface area contributed by atoms with E-state index in [1.165, 1.54) is 5.56 Å². The molecule has 0 aliphatic carbocycles. The second-order valence-corrected chi connectivity index (χ2v) is 7.04. The lowest BCUT2D eigenvalue weighted by Gasteiger charge is -2.23. The fourth-order valence-corrected chi connectivity index (χ4v) is 3.88. The highest BCUT2D eigenvalue weighted by atomic mass is 16.5. The molecule has 25 heavy (non-hydrogen) atoms. The fourth-order valence-electron chi connectivity index (χ4n) is 3.88. The summed E-state index contributed by atoms with van der Waals surface area (Å²) in [7, 11) is 1.95. The third kappa shape index (κ3) is 3.50. The number of anilines is 1. The molecule has 7 nitrogen and oxygen atoms in total. The van der Waals surface area contributed by atoms with Gasteiger partial charge in [-0.1, -0.05) is 6.07 Å². The zero-order chi connectivity index (χ0) is 17.3. The number of hydrogen-bond donors (Lipinski definition) is 1. The van der Waals surface area contributed by atoms with E-state index < -0.39 is 0 Å². The number of aromatic nitrogens is 3. The van der Waals surface area contributed by atoms with Gasteiger partial charge in [-0.2, -0.15) is 10.4 Å². The predicted octanol–water partition coefficient (Wildman–Crippen LogP) is 1.53. The van der Waals surface area contributed by atoms with Crippen LogP contribution >= 0.6 is 0 Å². The number of aryl methyl sites for hydroxylation is 1. The number of nitriles is 1. The van der Waals surface area contributed by atoms with Crippen molar-refractivity contribution in [3.05, 3.63) is 41.9 Å². The second-order valence-electron chi connectivity index (χ2n) is 7.04. The molecule has 2 saturated heterocycles. The van der Waals surface area contributed by atoms with Crippen molar-refractivity contribution in [1.29, 1.82) is 5.26 Å². The molecule has 2 fully saturated rings. The molecule has 2 aromatic heterocycles. The van der Waals surface area contributed by atoms with E-state index in [0.29, 0.717) is 12.3 Å². The van der Waals surface area contributed by atoms with Crippen molar-refractivity contribution < 1.29 is 4.74 Å². The number of likely N-dealkylation sites (tertiary alicyclic amines) is 1. The van der Waals surface area contributed by atoms with Crippen LogP contribution in [0.2, 0.25) is 0 Å². The molecule has 0 aromatic carbocycles. The summed E-state index contributed by atoms with van der Waals surface area (Å²) in [4.78, 5) is 6.73. The number of hydrogen-bond acceptors (Lipinski definition) is 6. The summed E-state index contributed by atoms with van der Waals surface area (Å²) < 4.78 is 8.04. The standard InChI is InChI=1S/C18H22N6O/c1-23-10-14(9-20-23)11-24-6-5-18(13-24)7-16(12-25-18)22-17-4-2-3-15(8-19)21-17/h2-4,9-10,16H,5-7,11-13H2,1H3,(H,21,22)/t16-,18+/m0/s1. The van der Waals surface area contributed by atoms with Crippen molar-refractivity contribution in [2.45, 2.75) is 31.0 Å². The van der Waals surface area contributed by atoms with Gasteiger partial charge in [-0.15, -0.1) is 0 Å². The van der Waals surface area contributed by atoms with Gasteiger partial charge in [-0.05, 0) is 18.6 Å². The Bertz CT molecular complexity index is 797. The monoisotopic (exact) mass is 338 g/mol. The Morgan fingerprint density at radius 2 is 2.40 bits per heavy atom. The van der Waals surface area contributed by atoms with Crippen LogP contribution < -0.4 is 5.32 Å². The number of rotatable bonds is 4. The molecule has 4 heterocycles. The lowest BCUT2D eigenvalue weighted by Crippen LogP contribution is -2.33. The predicted molar refractivity (Wildman–Crippen MR) is 92.8 cm³/mol. The van der Waals surface area contributed by atoms with E-state index in [-0.39, 0.29) is 11.6 Å². The van der Waals surface area contributed by atoms with Crippen molar-refractivity contribution in [1.82, 2.24) is 19.7 Å². The molecule has 1 N–H and O–H groups in total. The highest BCUT2D eigenvalue weighted by Gasteiger charge is 2.45. The van der Waals surface area contributed by atoms with Gasteiger partial charge in [0.15, 0.2) is 0 Å². The number of ether oxygens (including phenoxy) is 1. The molecule has 130 valence electrons. The van der Waals surface area contributed by atoms with Crippen molar-refractivity contribution in [3.8, 4) is 6.07 Å². The highest BCUT2D eigenvalue weighted by molar-refractivity contribution is 5.39. The quantitative estimate of drug-likeness (QED) is 0.911. The van der Waals surface area contributed by atoms with Gasteiger partial charge in [0.2, 0.25) is 0 Å². The molecule has 4 rings (SSSR count). The van der Waals surface area contributed by atoms with Crippen molar-refractivity contribution in [2.24, 2.45) is 7.05 Å². The average molecular weight is 338 g/mol. The van der Waals surface area contributed by atoms with E-state index >= 15 is 0 Å². The zero-order valence-corrected chi connectivity index (χ0v) is 14.4. The van der Waals surface area contributed by atoms with Gasteiger partial charge in [0.25, 0.3) is 0 Å². The van der Waals surface area contributed by atoms with Gasteiger partial charge in [0, 0.05) is 44.9 Å². The van der Waals surface area contributed by atoms with E-state index in [1.807, 2.05) is 30.1 Å². The van der Waals surface area contributed by atoms with Gasteiger partial charge in [-0.25, -0.2) is 4.98 Å². The number of pyridine rings is 1. The van der Waals surface area contributed by atoms with E-state index in [9.17, 15) is 0 Å². The Morgan fingerprint density at radius 1 is 1.48 bits per heavy atom. The summed E-state index contributed by atoms with van der Waals surface area (Å²) in [6.45, 7) is 3.59. The summed E-state index contributed by atoms with van der Waals surface area (Å²) in [5.74, 6) is 0.745. The van der Waals surface area contributed by atoms with Crippen LogP contribution in [0.4, 0.5) is 5.82 Å². The largest absolute Gasteiger partial charge is 0.371 e. The third-order valence-electron chi connectivity index (χ3n) is 4.98. The van der Waals surface area contributed by atoms with Crippen LogP contribution in [0.25, 0.3) is 0 Å². The Morgan fingerprint density at radius 3 is 3.20 bits per heavy atom. The molecule has 2 aliphatic heterocycles. The Hall–Kier alpha value is -2.43. The van der Waals surface area contributed by atoms with Crippen molar-refractivity contribution >= 4 is 5.82 Å². The van der Waals surface area contributed by atoms with E-state index in [4.69, 9.17) is 10.00 Å². The minimum Gasteiger partial charge on any atom is -0.371 e. The van der Waals surface area contributed by atoms with Crippen LogP contribution in [0.5, 0.6) is 0 Å². The first-order valence-corrected chi connectivity index (χ1v) is 8.62. The van der Waals surface area contributed by atoms with Crippen LogP contribution in [-0.4, -0.2) is 51.0 Å². The van der Waals surface area contributed by atoms with E-state index in [1.54, 1.807) is 6.07 Å². The Kier molecular flexibility index (Phi) is 4.15. The molecule has 1 spiro atoms. The Balaban J connectivity index is 1.35. The normalized spacial score (nSPS) is 26.2. The van der Waals surface area contributed by atoms with E-state index in [0.717, 1.165) is 38.3 Å². The molecule has 2 aliphatic rings. The van der Waals surface area contributed by atoms with Crippen LogP contribution in [0.1, 0.15) is 24.1 Å². The molecule has 0 saturated carbocycles. The molecule has 0 unspecified atom stereocenters. The SMILES string of the molecule is Cn1cc(CN2CC[C@@]3(C[C@H](Nc4cccc(C#N)n4)CO3)C2)cn1. The van der Waals surface area contributed by atoms with Crippen molar-refractivity contribution in [2.75, 3.05) is 25.0 Å². The maximum absolute atomic E-state index is 8.97. The molecule has 0 bridgehead atoms. The first-order chi connectivity index (χ1) is 12.1. The molecule has 7 heteroatoms. The third-order valence-corrected chi connectivity index (χ3v) is 4.98. The van der Waals surface area contributed by atoms with Gasteiger partial charge < -0.3 is 10.1 Å². The van der Waals surface area contributed by atoms with Gasteiger partial charge in [-0.3, -0.25) is 9.58 Å². The van der Waals surface area contributed by atoms with Gasteiger partial charge in [0.05, 0.1) is 24.4 Å². The van der Waals surface area contributed by atoms with Crippen molar-refractivity contribution in [3.63, 3.8) is 0 Å². The maximum Gasteiger partial charge on any atom is 0.142 e. The van der Waals surface area contributed by atoms with Crippen LogP contribution in [-0.2, 0) is 18.3 Å². The van der Waals surface area contributed by atoms with E-state index in [2.05, 4.69) is 32.6 Å². The summed E-state index contributed by atoms with van der Waals surface area (Å²) in [6, 6.07) is 7.77. The molecular formula is C18H22N6O. The maximum atomic E-state index is 8.97. The lowest BCUT2D eigenvalue weighted by atomic mass is 9.97. The molecule has 2 aromatic rings. The molecular weight excluding hydrogens is 316 g/mol. The molecule has 2 atom stereocenters. The van der Waals surface area contributed by atoms with Gasteiger partial charge in [0.1, 0.15) is 17.6 Å². The summed E-state index contributed by atoms with van der Waals surface area (Å²) >= 11 is 0. The minimum absolute atomic E-state index is 0.0628. The first kappa shape index (κ1) is 16.1. The minimum atomic E-state index is -0.0628. The average Bonchev–Trinajstić information content (AvgIpc) is 3.31. The zero-order valence-electron chi connectivity index (χ0n) is 14.4. The lowest BCUT2D eigenvalue weighted by molar-refractivity contribution is 0.0120. The fraction of sp³-hybridized carbons (Fsp3) is 0.500. The van der Waals surface area contributed by atoms with Gasteiger partial charge >= 0.3 is 0 Å². The summed E-state index contributed by atoms with van der Waals surface area (Å²) in [6.07, 6.45) is 6.02. The number of nitrogens with one attached hydrogen (secondary N) is 1. The highest BCUT2D eigenvalue weighted by Crippen LogP contribution is 2.36. The van der Waals surface area contributed by atoms with Crippen LogP contribution in [0.3, 0.4) is 0 Å². The topological polar surface area (TPSA) is 79.0 Å². The molecule has 0 radical (unpaired) electrons. The summed E-state index contributed by atoms with van der Waals surface area (Å²) in [5, 5.41) is 16.6. The number of nitrogens with zero attached hydrogens (tertiary/aromatic N) is 5. The van der Waals surface area contributed by atoms with Crippen LogP contribution in [0, 0.1) is 11.3 Å². The Labute approximate surface area is 147 Å². The second kappa shape index (κ2) is 6.47. The van der Waals surface area contributed by atoms with Crippen LogP contribution in [0.15, 0.2) is 30.6 Å². The molecule has 0 amide bonds. The smallest absolute Gasteiger partial charge is 0.142 e.